The van der Waals surface area contributed by atoms with Gasteiger partial charge >= 0.3 is 12.8 Å². The monoisotopic (exact) mass is 306 g/mol. The summed E-state index contributed by atoms with van der Waals surface area (Å²) in [5, 5.41) is 0. The Labute approximate surface area is 128 Å². The molecule has 1 aliphatic rings. The molecule has 1 fully saturated rings. The number of hydrogen-bond donors (Lipinski definition) is 0. The molecule has 2 aromatic rings. The van der Waals surface area contributed by atoms with Crippen LogP contribution in [0.15, 0.2) is 16.9 Å². The Morgan fingerprint density at radius 3 is 2.14 bits per heavy atom. The zero-order valence-corrected chi connectivity index (χ0v) is 13.7. The number of benzene rings is 1. The molecule has 5 nitrogen and oxygen atoms in total. The Hall–Kier alpha value is -1.60. The zero-order valence-electron chi connectivity index (χ0n) is 13.7. The number of nitrogens with zero attached hydrogens (tertiary/aromatic N) is 2. The van der Waals surface area contributed by atoms with E-state index in [1.165, 1.54) is 9.13 Å². The van der Waals surface area contributed by atoms with Crippen molar-refractivity contribution in [3.63, 3.8) is 0 Å². The number of hydrogen-bond acceptors (Lipinski definition) is 3. The lowest BCUT2D eigenvalue weighted by molar-refractivity contribution is 0.00578. The molecule has 7 heteroatoms. The van der Waals surface area contributed by atoms with Gasteiger partial charge in [0.25, 0.3) is 0 Å². The third kappa shape index (κ3) is 1.88. The van der Waals surface area contributed by atoms with Gasteiger partial charge in [0.15, 0.2) is 0 Å². The molecule has 0 amide bonds. The van der Waals surface area contributed by atoms with E-state index in [0.717, 1.165) is 0 Å². The third-order valence-electron chi connectivity index (χ3n) is 4.90. The van der Waals surface area contributed by atoms with Crippen LogP contribution in [0.2, 0.25) is 0 Å². The number of fused-ring (bicyclic) bond motifs is 1. The van der Waals surface area contributed by atoms with E-state index in [1.807, 2.05) is 27.7 Å². The highest BCUT2D eigenvalue weighted by molar-refractivity contribution is 6.62. The van der Waals surface area contributed by atoms with E-state index in [-0.39, 0.29) is 11.2 Å². The smallest absolute Gasteiger partial charge is 0.399 e. The number of halogens is 1. The van der Waals surface area contributed by atoms with Crippen molar-refractivity contribution in [3.8, 4) is 0 Å². The van der Waals surface area contributed by atoms with Gasteiger partial charge in [-0.15, -0.1) is 0 Å². The Morgan fingerprint density at radius 2 is 1.59 bits per heavy atom. The summed E-state index contributed by atoms with van der Waals surface area (Å²) in [5.74, 6) is -0.476. The molecule has 1 aromatic heterocycles. The maximum atomic E-state index is 14.9. The summed E-state index contributed by atoms with van der Waals surface area (Å²) < 4.78 is 29.5. The van der Waals surface area contributed by atoms with Crippen LogP contribution in [0.1, 0.15) is 27.7 Å². The van der Waals surface area contributed by atoms with Gasteiger partial charge in [0, 0.05) is 19.6 Å². The molecule has 3 rings (SSSR count). The van der Waals surface area contributed by atoms with Gasteiger partial charge in [-0.3, -0.25) is 9.13 Å². The fraction of sp³-hybridized carbons (Fsp3) is 0.533. The fourth-order valence-electron chi connectivity index (χ4n) is 2.74. The van der Waals surface area contributed by atoms with Gasteiger partial charge in [0.1, 0.15) is 11.3 Å². The summed E-state index contributed by atoms with van der Waals surface area (Å²) in [6.45, 7) is 7.67. The molecule has 22 heavy (non-hydrogen) atoms. The van der Waals surface area contributed by atoms with Crippen LogP contribution in [-0.4, -0.2) is 27.5 Å². The predicted molar refractivity (Wildman–Crippen MR) is 83.8 cm³/mol. The first-order valence-electron chi connectivity index (χ1n) is 7.26. The maximum absolute atomic E-state index is 14.9. The fourth-order valence-corrected chi connectivity index (χ4v) is 2.74. The molecule has 0 saturated carbocycles. The van der Waals surface area contributed by atoms with Crippen molar-refractivity contribution in [2.75, 3.05) is 0 Å². The normalized spacial score (nSPS) is 20.0. The predicted octanol–water partition coefficient (Wildman–Crippen LogP) is 1.32. The lowest BCUT2D eigenvalue weighted by atomic mass is 9.78. The molecule has 0 atom stereocenters. The lowest BCUT2D eigenvalue weighted by Crippen LogP contribution is -2.41. The van der Waals surface area contributed by atoms with Crippen LogP contribution in [0.4, 0.5) is 4.39 Å². The van der Waals surface area contributed by atoms with E-state index in [4.69, 9.17) is 9.31 Å². The van der Waals surface area contributed by atoms with Crippen LogP contribution < -0.4 is 11.2 Å². The summed E-state index contributed by atoms with van der Waals surface area (Å²) in [5.41, 5.74) is -0.221. The molecule has 0 bridgehead atoms. The molecule has 1 aromatic carbocycles. The van der Waals surface area contributed by atoms with Crippen LogP contribution in [0.3, 0.4) is 0 Å². The molecule has 0 spiro atoms. The molecule has 1 saturated heterocycles. The molecule has 118 valence electrons. The first-order chi connectivity index (χ1) is 10.1. The minimum absolute atomic E-state index is 0.264. The van der Waals surface area contributed by atoms with Crippen molar-refractivity contribution in [1.29, 1.82) is 0 Å². The van der Waals surface area contributed by atoms with Gasteiger partial charge < -0.3 is 9.31 Å². The van der Waals surface area contributed by atoms with Crippen molar-refractivity contribution >= 4 is 23.6 Å². The first-order valence-corrected chi connectivity index (χ1v) is 7.26. The summed E-state index contributed by atoms with van der Waals surface area (Å²) >= 11 is 0. The van der Waals surface area contributed by atoms with Gasteiger partial charge in [-0.25, -0.2) is 9.18 Å². The topological polar surface area (TPSA) is 45.4 Å². The van der Waals surface area contributed by atoms with E-state index >= 15 is 0 Å². The highest BCUT2D eigenvalue weighted by Crippen LogP contribution is 2.36. The van der Waals surface area contributed by atoms with Crippen LogP contribution in [0.25, 0.3) is 11.0 Å². The van der Waals surface area contributed by atoms with Gasteiger partial charge in [-0.2, -0.15) is 0 Å². The highest BCUT2D eigenvalue weighted by Gasteiger charge is 2.52. The molecule has 0 unspecified atom stereocenters. The second-order valence-corrected chi connectivity index (χ2v) is 6.83. The van der Waals surface area contributed by atoms with E-state index in [2.05, 4.69) is 0 Å². The molecule has 0 radical (unpaired) electrons. The van der Waals surface area contributed by atoms with Crippen molar-refractivity contribution in [2.24, 2.45) is 14.1 Å². The minimum Gasteiger partial charge on any atom is -0.399 e. The molecular formula is C15H20BFN2O3. The van der Waals surface area contributed by atoms with Crippen molar-refractivity contribution < 1.29 is 13.7 Å². The third-order valence-corrected chi connectivity index (χ3v) is 4.90. The van der Waals surface area contributed by atoms with Crippen LogP contribution in [0, 0.1) is 5.82 Å². The Kier molecular flexibility index (Phi) is 3.10. The van der Waals surface area contributed by atoms with Crippen LogP contribution >= 0.6 is 0 Å². The van der Waals surface area contributed by atoms with E-state index < -0.39 is 24.1 Å². The minimum atomic E-state index is -0.787. The number of aryl methyl sites for hydroxylation is 2. The van der Waals surface area contributed by atoms with Crippen LogP contribution in [0.5, 0.6) is 0 Å². The Bertz CT molecular complexity index is 806. The van der Waals surface area contributed by atoms with Gasteiger partial charge in [-0.1, -0.05) is 6.07 Å². The number of aromatic nitrogens is 2. The van der Waals surface area contributed by atoms with Crippen molar-refractivity contribution in [3.05, 3.63) is 28.4 Å². The highest BCUT2D eigenvalue weighted by atomic mass is 19.1. The average Bonchev–Trinajstić information content (AvgIpc) is 2.76. The number of imidazole rings is 1. The Balaban J connectivity index is 2.17. The lowest BCUT2D eigenvalue weighted by Gasteiger charge is -2.32. The van der Waals surface area contributed by atoms with Gasteiger partial charge in [-0.05, 0) is 33.8 Å². The Morgan fingerprint density at radius 1 is 1.05 bits per heavy atom. The molecular weight excluding hydrogens is 286 g/mol. The number of rotatable bonds is 1. The molecule has 0 aliphatic carbocycles. The zero-order chi connectivity index (χ0) is 16.4. The standard InChI is InChI=1S/C15H20BFN2O3/c1-14(2)15(3,4)22-16(21-14)9-7-8-10-12(11(9)17)19(6)13(20)18(10)5/h7-8H,1-6H3. The maximum Gasteiger partial charge on any atom is 0.497 e. The second kappa shape index (κ2) is 4.46. The molecule has 0 N–H and O–H groups in total. The molecule has 2 heterocycles. The summed E-state index contributed by atoms with van der Waals surface area (Å²) in [6.07, 6.45) is 0. The van der Waals surface area contributed by atoms with E-state index in [1.54, 1.807) is 26.2 Å². The van der Waals surface area contributed by atoms with E-state index in [0.29, 0.717) is 11.0 Å². The van der Waals surface area contributed by atoms with Gasteiger partial charge in [0.05, 0.1) is 16.7 Å². The summed E-state index contributed by atoms with van der Waals surface area (Å²) in [7, 11) is 2.39. The van der Waals surface area contributed by atoms with Crippen molar-refractivity contribution in [2.45, 2.75) is 38.9 Å². The summed E-state index contributed by atoms with van der Waals surface area (Å²) in [4.78, 5) is 12.0. The molecule has 1 aliphatic heterocycles. The second-order valence-electron chi connectivity index (χ2n) is 6.83. The van der Waals surface area contributed by atoms with Crippen LogP contribution in [-0.2, 0) is 23.4 Å². The average molecular weight is 306 g/mol. The summed E-state index contributed by atoms with van der Waals surface area (Å²) in [6, 6.07) is 3.35. The van der Waals surface area contributed by atoms with Gasteiger partial charge in [0.2, 0.25) is 0 Å². The first kappa shape index (κ1) is 15.3. The quantitative estimate of drug-likeness (QED) is 0.746. The van der Waals surface area contributed by atoms with E-state index in [9.17, 15) is 9.18 Å². The van der Waals surface area contributed by atoms with Crippen molar-refractivity contribution in [1.82, 2.24) is 9.13 Å². The SMILES string of the molecule is Cn1c(=O)n(C)c2c(F)c(B3OC(C)(C)C(C)(C)O3)ccc21. The largest absolute Gasteiger partial charge is 0.497 e.